The van der Waals surface area contributed by atoms with E-state index < -0.39 is 0 Å². The third-order valence-electron chi connectivity index (χ3n) is 3.58. The minimum atomic E-state index is -0.191. The molecule has 0 saturated heterocycles. The number of amides is 1. The zero-order valence-corrected chi connectivity index (χ0v) is 15.9. The van der Waals surface area contributed by atoms with Crippen molar-refractivity contribution in [1.82, 2.24) is 20.2 Å². The molecule has 0 fully saturated rings. The molecule has 0 aliphatic rings. The van der Waals surface area contributed by atoms with Crippen LogP contribution in [0.15, 0.2) is 30.3 Å². The second-order valence-electron chi connectivity index (χ2n) is 6.21. The average Bonchev–Trinajstić information content (AvgIpc) is 2.60. The summed E-state index contributed by atoms with van der Waals surface area (Å²) in [6.07, 6.45) is 0.889. The number of anilines is 2. The number of aromatic nitrogens is 2. The molecular formula is C19H27N5O2. The highest BCUT2D eigenvalue weighted by atomic mass is 16.5. The monoisotopic (exact) mass is 357 g/mol. The van der Waals surface area contributed by atoms with Gasteiger partial charge >= 0.3 is 0 Å². The second kappa shape index (κ2) is 9.72. The predicted octanol–water partition coefficient (Wildman–Crippen LogP) is 2.61. The van der Waals surface area contributed by atoms with Gasteiger partial charge in [-0.2, -0.15) is 0 Å². The summed E-state index contributed by atoms with van der Waals surface area (Å²) in [5.74, 6) is 1.01. The maximum absolute atomic E-state index is 12.3. The highest BCUT2D eigenvalue weighted by Crippen LogP contribution is 2.18. The number of rotatable bonds is 9. The number of benzene rings is 1. The summed E-state index contributed by atoms with van der Waals surface area (Å²) in [7, 11) is 4.02. The van der Waals surface area contributed by atoms with Crippen LogP contribution in [-0.2, 0) is 0 Å². The van der Waals surface area contributed by atoms with Crippen LogP contribution in [0.1, 0.15) is 29.5 Å². The fourth-order valence-electron chi connectivity index (χ4n) is 2.36. The summed E-state index contributed by atoms with van der Waals surface area (Å²) in [4.78, 5) is 23.1. The number of aryl methyl sites for hydroxylation is 1. The Hall–Kier alpha value is -2.67. The first kappa shape index (κ1) is 19.7. The Bertz CT molecular complexity index is 716. The van der Waals surface area contributed by atoms with Crippen LogP contribution < -0.4 is 15.4 Å². The van der Waals surface area contributed by atoms with Gasteiger partial charge in [0.15, 0.2) is 0 Å². The molecule has 1 aromatic heterocycles. The van der Waals surface area contributed by atoms with Crippen LogP contribution in [0.5, 0.6) is 5.75 Å². The Morgan fingerprint density at radius 1 is 1.19 bits per heavy atom. The summed E-state index contributed by atoms with van der Waals surface area (Å²) in [6, 6.07) is 9.21. The van der Waals surface area contributed by atoms with Gasteiger partial charge in [-0.3, -0.25) is 4.79 Å². The number of ether oxygens (including phenoxy) is 1. The molecule has 1 amide bonds. The second-order valence-corrected chi connectivity index (χ2v) is 6.21. The Kier molecular flexibility index (Phi) is 7.35. The van der Waals surface area contributed by atoms with E-state index in [1.54, 1.807) is 6.07 Å². The number of hydrogen-bond acceptors (Lipinski definition) is 6. The average molecular weight is 357 g/mol. The van der Waals surface area contributed by atoms with Gasteiger partial charge in [-0.05, 0) is 71.2 Å². The van der Waals surface area contributed by atoms with Gasteiger partial charge < -0.3 is 20.3 Å². The summed E-state index contributed by atoms with van der Waals surface area (Å²) in [5, 5.41) is 6.02. The third-order valence-corrected chi connectivity index (χ3v) is 3.58. The van der Waals surface area contributed by atoms with Gasteiger partial charge in [0.2, 0.25) is 5.95 Å². The molecule has 2 N–H and O–H groups in total. The molecule has 0 saturated carbocycles. The number of hydrogen-bond donors (Lipinski definition) is 2. The van der Waals surface area contributed by atoms with E-state index in [1.165, 1.54) is 0 Å². The normalized spacial score (nSPS) is 10.7. The molecule has 7 nitrogen and oxygen atoms in total. The van der Waals surface area contributed by atoms with Crippen molar-refractivity contribution in [3.05, 3.63) is 41.7 Å². The SMILES string of the molecule is CCOc1ccc(Nc2nc(C)cc(C(=O)NCCCN(C)C)n2)cc1. The smallest absolute Gasteiger partial charge is 0.270 e. The maximum atomic E-state index is 12.3. The van der Waals surface area contributed by atoms with E-state index in [9.17, 15) is 4.79 Å². The van der Waals surface area contributed by atoms with E-state index in [1.807, 2.05) is 52.2 Å². The van der Waals surface area contributed by atoms with Crippen molar-refractivity contribution in [2.24, 2.45) is 0 Å². The molecule has 26 heavy (non-hydrogen) atoms. The van der Waals surface area contributed by atoms with Crippen molar-refractivity contribution in [2.45, 2.75) is 20.3 Å². The van der Waals surface area contributed by atoms with Gasteiger partial charge in [0.25, 0.3) is 5.91 Å². The van der Waals surface area contributed by atoms with E-state index in [2.05, 4.69) is 25.5 Å². The third kappa shape index (κ3) is 6.33. The molecule has 1 heterocycles. The number of nitrogens with zero attached hydrogens (tertiary/aromatic N) is 3. The van der Waals surface area contributed by atoms with Gasteiger partial charge in [0.05, 0.1) is 6.61 Å². The summed E-state index contributed by atoms with van der Waals surface area (Å²) < 4.78 is 5.43. The van der Waals surface area contributed by atoms with E-state index in [4.69, 9.17) is 4.74 Å². The van der Waals surface area contributed by atoms with Crippen molar-refractivity contribution >= 4 is 17.5 Å². The molecule has 0 unspecified atom stereocenters. The van der Waals surface area contributed by atoms with Crippen molar-refractivity contribution in [3.63, 3.8) is 0 Å². The standard InChI is InChI=1S/C19H27N5O2/c1-5-26-16-9-7-15(8-10-16)22-19-21-14(2)13-17(23-19)18(25)20-11-6-12-24(3)4/h7-10,13H,5-6,11-12H2,1-4H3,(H,20,25)(H,21,22,23). The molecule has 7 heteroatoms. The van der Waals surface area contributed by atoms with Gasteiger partial charge in [-0.25, -0.2) is 9.97 Å². The van der Waals surface area contributed by atoms with Crippen LogP contribution in [0.25, 0.3) is 0 Å². The van der Waals surface area contributed by atoms with Crippen molar-refractivity contribution in [2.75, 3.05) is 39.1 Å². The first-order chi connectivity index (χ1) is 12.5. The van der Waals surface area contributed by atoms with Crippen molar-refractivity contribution in [3.8, 4) is 5.75 Å². The molecule has 0 aliphatic heterocycles. The van der Waals surface area contributed by atoms with Gasteiger partial charge in [-0.1, -0.05) is 0 Å². The number of carbonyl (C=O) groups is 1. The number of carbonyl (C=O) groups excluding carboxylic acids is 1. The van der Waals surface area contributed by atoms with Crippen LogP contribution >= 0.6 is 0 Å². The first-order valence-corrected chi connectivity index (χ1v) is 8.76. The Morgan fingerprint density at radius 2 is 1.92 bits per heavy atom. The van der Waals surface area contributed by atoms with E-state index in [-0.39, 0.29) is 5.91 Å². The largest absolute Gasteiger partial charge is 0.494 e. The molecule has 0 aliphatic carbocycles. The summed E-state index contributed by atoms with van der Waals surface area (Å²) >= 11 is 0. The Balaban J connectivity index is 2.00. The van der Waals surface area contributed by atoms with E-state index in [0.29, 0.717) is 24.8 Å². The van der Waals surface area contributed by atoms with Crippen LogP contribution in [0, 0.1) is 6.92 Å². The van der Waals surface area contributed by atoms with Crippen LogP contribution in [-0.4, -0.2) is 54.6 Å². The molecule has 0 radical (unpaired) electrons. The summed E-state index contributed by atoms with van der Waals surface area (Å²) in [5.41, 5.74) is 1.92. The molecular weight excluding hydrogens is 330 g/mol. The van der Waals surface area contributed by atoms with Gasteiger partial charge in [0.1, 0.15) is 11.4 Å². The maximum Gasteiger partial charge on any atom is 0.270 e. The summed E-state index contributed by atoms with van der Waals surface area (Å²) in [6.45, 7) is 5.95. The zero-order valence-electron chi connectivity index (χ0n) is 15.9. The first-order valence-electron chi connectivity index (χ1n) is 8.76. The lowest BCUT2D eigenvalue weighted by atomic mass is 10.3. The molecule has 2 aromatic rings. The molecule has 2 rings (SSSR count). The fourth-order valence-corrected chi connectivity index (χ4v) is 2.36. The highest BCUT2D eigenvalue weighted by Gasteiger charge is 2.10. The van der Waals surface area contributed by atoms with Gasteiger partial charge in [0, 0.05) is 17.9 Å². The zero-order chi connectivity index (χ0) is 18.9. The Morgan fingerprint density at radius 3 is 2.58 bits per heavy atom. The molecule has 1 aromatic carbocycles. The van der Waals surface area contributed by atoms with E-state index >= 15 is 0 Å². The van der Waals surface area contributed by atoms with Crippen molar-refractivity contribution in [1.29, 1.82) is 0 Å². The lowest BCUT2D eigenvalue weighted by Crippen LogP contribution is -2.28. The molecule has 0 spiro atoms. The van der Waals surface area contributed by atoms with Crippen molar-refractivity contribution < 1.29 is 9.53 Å². The van der Waals surface area contributed by atoms with Crippen LogP contribution in [0.4, 0.5) is 11.6 Å². The highest BCUT2D eigenvalue weighted by molar-refractivity contribution is 5.92. The topological polar surface area (TPSA) is 79.4 Å². The minimum absolute atomic E-state index is 0.191. The van der Waals surface area contributed by atoms with Gasteiger partial charge in [-0.15, -0.1) is 0 Å². The molecule has 0 atom stereocenters. The molecule has 0 bridgehead atoms. The lowest BCUT2D eigenvalue weighted by Gasteiger charge is -2.11. The minimum Gasteiger partial charge on any atom is -0.494 e. The van der Waals surface area contributed by atoms with Crippen LogP contribution in [0.2, 0.25) is 0 Å². The predicted molar refractivity (Wildman–Crippen MR) is 103 cm³/mol. The number of nitrogens with one attached hydrogen (secondary N) is 2. The quantitative estimate of drug-likeness (QED) is 0.672. The fraction of sp³-hybridized carbons (Fsp3) is 0.421. The van der Waals surface area contributed by atoms with E-state index in [0.717, 1.165) is 30.1 Å². The van der Waals surface area contributed by atoms with Crippen LogP contribution in [0.3, 0.4) is 0 Å². The lowest BCUT2D eigenvalue weighted by molar-refractivity contribution is 0.0947. The molecule has 140 valence electrons. The Labute approximate surface area is 154 Å².